The maximum Gasteiger partial charge on any atom is 0.227 e. The number of aryl methyl sites for hydroxylation is 2. The molecule has 3 rings (SSSR count). The molecule has 2 aromatic rings. The van der Waals surface area contributed by atoms with Crippen LogP contribution in [0.5, 0.6) is 0 Å². The van der Waals surface area contributed by atoms with Crippen molar-refractivity contribution in [1.29, 1.82) is 0 Å². The van der Waals surface area contributed by atoms with Crippen molar-refractivity contribution in [2.24, 2.45) is 7.05 Å². The van der Waals surface area contributed by atoms with Gasteiger partial charge < -0.3 is 4.90 Å². The van der Waals surface area contributed by atoms with E-state index in [1.165, 1.54) is 13.9 Å². The molecule has 6 nitrogen and oxygen atoms in total. The lowest BCUT2D eigenvalue weighted by molar-refractivity contribution is -0.118. The van der Waals surface area contributed by atoms with Gasteiger partial charge in [-0.15, -0.1) is 10.2 Å². The molecule has 1 aromatic heterocycles. The Labute approximate surface area is 130 Å². The first kappa shape index (κ1) is 13.5. The van der Waals surface area contributed by atoms with Gasteiger partial charge in [0.2, 0.25) is 5.91 Å². The number of anilines is 1. The van der Waals surface area contributed by atoms with Gasteiger partial charge in [-0.05, 0) is 64.4 Å². The molecule has 0 unspecified atom stereocenters. The van der Waals surface area contributed by atoms with Crippen LogP contribution in [0, 0.1) is 3.57 Å². The first-order valence-electron chi connectivity index (χ1n) is 6.45. The van der Waals surface area contributed by atoms with E-state index in [-0.39, 0.29) is 5.91 Å². The molecule has 104 valence electrons. The molecule has 0 saturated carbocycles. The van der Waals surface area contributed by atoms with Crippen molar-refractivity contribution in [3.8, 4) is 0 Å². The Morgan fingerprint density at radius 3 is 2.95 bits per heavy atom. The number of amides is 1. The summed E-state index contributed by atoms with van der Waals surface area (Å²) in [4.78, 5) is 15.5. The lowest BCUT2D eigenvalue weighted by Crippen LogP contribution is -2.30. The Morgan fingerprint density at radius 1 is 1.35 bits per heavy atom. The highest BCUT2D eigenvalue weighted by Gasteiger charge is 2.23. The first-order chi connectivity index (χ1) is 9.63. The molecule has 1 aromatic carbocycles. The number of tetrazole rings is 1. The summed E-state index contributed by atoms with van der Waals surface area (Å²) in [6.07, 6.45) is 2.38. The lowest BCUT2D eigenvalue weighted by Gasteiger charge is -2.21. The van der Waals surface area contributed by atoms with E-state index in [1.54, 1.807) is 11.9 Å². The average Bonchev–Trinajstić information content (AvgIpc) is 2.75. The minimum Gasteiger partial charge on any atom is -0.304 e. The monoisotopic (exact) mass is 383 g/mol. The molecular formula is C13H14IN5O. The molecule has 2 heterocycles. The van der Waals surface area contributed by atoms with Gasteiger partial charge in [-0.25, -0.2) is 0 Å². The van der Waals surface area contributed by atoms with Crippen LogP contribution in [0.15, 0.2) is 18.2 Å². The third kappa shape index (κ3) is 2.67. The highest BCUT2D eigenvalue weighted by molar-refractivity contribution is 14.1. The summed E-state index contributed by atoms with van der Waals surface area (Å²) in [6.45, 7) is 0.375. The molecular weight excluding hydrogens is 369 g/mol. The molecule has 0 aliphatic carbocycles. The lowest BCUT2D eigenvalue weighted by atomic mass is 10.1. The number of carbonyl (C=O) groups excluding carboxylic acids is 1. The molecule has 0 saturated heterocycles. The Bertz CT molecular complexity index is 654. The summed E-state index contributed by atoms with van der Waals surface area (Å²) in [5.74, 6) is 0.685. The van der Waals surface area contributed by atoms with Crippen LogP contribution >= 0.6 is 22.6 Å². The quantitative estimate of drug-likeness (QED) is 0.741. The van der Waals surface area contributed by atoms with Gasteiger partial charge in [-0.1, -0.05) is 0 Å². The van der Waals surface area contributed by atoms with Crippen molar-refractivity contribution in [2.75, 3.05) is 4.90 Å². The number of benzene rings is 1. The van der Waals surface area contributed by atoms with Crippen molar-refractivity contribution >= 4 is 34.2 Å². The number of carbonyl (C=O) groups is 1. The largest absolute Gasteiger partial charge is 0.304 e. The summed E-state index contributed by atoms with van der Waals surface area (Å²) in [5, 5.41) is 11.9. The zero-order valence-electron chi connectivity index (χ0n) is 11.1. The molecule has 1 aliphatic rings. The van der Waals surface area contributed by atoms with Crippen molar-refractivity contribution in [1.82, 2.24) is 20.2 Å². The molecule has 0 N–H and O–H groups in total. The molecule has 0 spiro atoms. The molecule has 20 heavy (non-hydrogen) atoms. The third-order valence-corrected chi connectivity index (χ3v) is 3.99. The van der Waals surface area contributed by atoms with Crippen molar-refractivity contribution < 1.29 is 4.79 Å². The summed E-state index contributed by atoms with van der Waals surface area (Å²) >= 11 is 2.30. The molecule has 0 bridgehead atoms. The van der Waals surface area contributed by atoms with E-state index in [9.17, 15) is 4.79 Å². The minimum atomic E-state index is 0.123. The molecule has 0 radical (unpaired) electrons. The van der Waals surface area contributed by atoms with Crippen molar-refractivity contribution in [2.45, 2.75) is 25.8 Å². The fraction of sp³-hybridized carbons (Fsp3) is 0.385. The van der Waals surface area contributed by atoms with Gasteiger partial charge in [0.25, 0.3) is 0 Å². The normalized spacial score (nSPS) is 15.1. The Hall–Kier alpha value is -1.51. The predicted molar refractivity (Wildman–Crippen MR) is 82.1 cm³/mol. The second-order valence-electron chi connectivity index (χ2n) is 4.80. The van der Waals surface area contributed by atoms with Crippen molar-refractivity contribution in [3.05, 3.63) is 33.2 Å². The number of halogens is 1. The van der Waals surface area contributed by atoms with Crippen LogP contribution in [0.2, 0.25) is 0 Å². The average molecular weight is 383 g/mol. The first-order valence-corrected chi connectivity index (χ1v) is 7.53. The minimum absolute atomic E-state index is 0.123. The van der Waals surface area contributed by atoms with E-state index in [0.29, 0.717) is 18.8 Å². The summed E-state index contributed by atoms with van der Waals surface area (Å²) in [6, 6.07) is 6.18. The van der Waals surface area contributed by atoms with Gasteiger partial charge in [0.1, 0.15) is 0 Å². The fourth-order valence-electron chi connectivity index (χ4n) is 2.42. The Balaban J connectivity index is 1.97. The zero-order valence-corrected chi connectivity index (χ0v) is 13.2. The van der Waals surface area contributed by atoms with E-state index >= 15 is 0 Å². The Morgan fingerprint density at radius 2 is 2.20 bits per heavy atom. The molecule has 7 heteroatoms. The highest BCUT2D eigenvalue weighted by Crippen LogP contribution is 2.29. The van der Waals surface area contributed by atoms with Gasteiger partial charge >= 0.3 is 0 Å². The number of nitrogens with zero attached hydrogens (tertiary/aromatic N) is 5. The smallest absolute Gasteiger partial charge is 0.227 e. The Kier molecular flexibility index (Phi) is 3.68. The second kappa shape index (κ2) is 5.47. The number of hydrogen-bond donors (Lipinski definition) is 0. The van der Waals surface area contributed by atoms with E-state index in [4.69, 9.17) is 0 Å². The standard InChI is InChI=1S/C13H14IN5O/c1-18-16-12(15-17-18)8-19-11-6-5-10(14)7-9(11)3-2-4-13(19)20/h5-7H,2-4,8H2,1H3. The summed E-state index contributed by atoms with van der Waals surface area (Å²) in [5.41, 5.74) is 2.19. The fourth-order valence-corrected chi connectivity index (χ4v) is 2.97. The van der Waals surface area contributed by atoms with E-state index in [1.807, 2.05) is 12.1 Å². The van der Waals surface area contributed by atoms with Gasteiger partial charge in [0.15, 0.2) is 5.82 Å². The molecule has 1 amide bonds. The highest BCUT2D eigenvalue weighted by atomic mass is 127. The van der Waals surface area contributed by atoms with E-state index in [2.05, 4.69) is 44.1 Å². The van der Waals surface area contributed by atoms with E-state index < -0.39 is 0 Å². The van der Waals surface area contributed by atoms with E-state index in [0.717, 1.165) is 18.5 Å². The summed E-state index contributed by atoms with van der Waals surface area (Å²) in [7, 11) is 1.72. The van der Waals surface area contributed by atoms with Crippen LogP contribution in [0.25, 0.3) is 0 Å². The van der Waals surface area contributed by atoms with Crippen molar-refractivity contribution in [3.63, 3.8) is 0 Å². The number of hydrogen-bond acceptors (Lipinski definition) is 4. The van der Waals surface area contributed by atoms with Gasteiger partial charge in [0.05, 0.1) is 13.6 Å². The molecule has 1 aliphatic heterocycles. The summed E-state index contributed by atoms with van der Waals surface area (Å²) < 4.78 is 1.19. The molecule has 0 fully saturated rings. The van der Waals surface area contributed by atoms with Crippen LogP contribution in [-0.4, -0.2) is 26.1 Å². The SMILES string of the molecule is Cn1nnc(CN2C(=O)CCCc3cc(I)ccc32)n1. The zero-order chi connectivity index (χ0) is 14.1. The van der Waals surface area contributed by atoms with Crippen LogP contribution in [0.1, 0.15) is 24.2 Å². The third-order valence-electron chi connectivity index (χ3n) is 3.32. The van der Waals surface area contributed by atoms with Gasteiger partial charge in [-0.2, -0.15) is 4.80 Å². The number of fused-ring (bicyclic) bond motifs is 1. The van der Waals surface area contributed by atoms with Gasteiger partial charge in [-0.3, -0.25) is 4.79 Å². The second-order valence-corrected chi connectivity index (χ2v) is 6.05. The number of aromatic nitrogens is 4. The van der Waals surface area contributed by atoms with Gasteiger partial charge in [0, 0.05) is 15.7 Å². The topological polar surface area (TPSA) is 63.9 Å². The van der Waals surface area contributed by atoms with Crippen LogP contribution in [0.4, 0.5) is 5.69 Å². The maximum atomic E-state index is 12.3. The predicted octanol–water partition coefficient (Wildman–Crippen LogP) is 1.68. The number of rotatable bonds is 2. The molecule has 0 atom stereocenters. The maximum absolute atomic E-state index is 12.3. The van der Waals surface area contributed by atoms with Crippen LogP contribution < -0.4 is 4.90 Å². The van der Waals surface area contributed by atoms with Crippen LogP contribution in [0.3, 0.4) is 0 Å². The van der Waals surface area contributed by atoms with Crippen LogP contribution in [-0.2, 0) is 24.8 Å².